The van der Waals surface area contributed by atoms with Crippen LogP contribution >= 0.6 is 0 Å². The van der Waals surface area contributed by atoms with Crippen molar-refractivity contribution < 1.29 is 22.8 Å². The van der Waals surface area contributed by atoms with E-state index in [1.54, 1.807) is 52.8 Å². The highest BCUT2D eigenvalue weighted by Gasteiger charge is 2.67. The van der Waals surface area contributed by atoms with E-state index in [9.17, 15) is 22.8 Å². The van der Waals surface area contributed by atoms with Crippen LogP contribution in [0.3, 0.4) is 0 Å². The molecule has 1 saturated carbocycles. The molecule has 8 heteroatoms. The first-order valence-corrected chi connectivity index (χ1v) is 16.3. The number of hydrogen-bond donors (Lipinski definition) is 0. The van der Waals surface area contributed by atoms with Gasteiger partial charge in [0.1, 0.15) is 5.78 Å². The van der Waals surface area contributed by atoms with Crippen molar-refractivity contribution in [2.24, 2.45) is 23.7 Å². The molecule has 42 heavy (non-hydrogen) atoms. The molecule has 6 rings (SSSR count). The lowest BCUT2D eigenvalue weighted by atomic mass is 9.63. The molecular weight excluding hydrogens is 548 g/mol. The first-order valence-electron chi connectivity index (χ1n) is 14.9. The summed E-state index contributed by atoms with van der Waals surface area (Å²) in [7, 11) is -4.07. The lowest BCUT2D eigenvalue weighted by Crippen LogP contribution is -2.45. The molecule has 2 amide bonds. The summed E-state index contributed by atoms with van der Waals surface area (Å²) in [6.07, 6.45) is 3.03. The molecule has 0 spiro atoms. The average molecular weight is 585 g/mol. The molecule has 0 bridgehead atoms. The van der Waals surface area contributed by atoms with Crippen LogP contribution in [-0.2, 0) is 24.4 Å². The Morgan fingerprint density at radius 1 is 0.786 bits per heavy atom. The summed E-state index contributed by atoms with van der Waals surface area (Å²) in [5, 5.41) is 0. The lowest BCUT2D eigenvalue weighted by molar-refractivity contribution is -0.137. The summed E-state index contributed by atoms with van der Waals surface area (Å²) < 4.78 is 30.7. The van der Waals surface area contributed by atoms with Gasteiger partial charge < -0.3 is 0 Å². The Hall–Kier alpha value is -3.62. The number of fused-ring (bicyclic) bond motifs is 3. The van der Waals surface area contributed by atoms with Gasteiger partial charge in [0.05, 0.1) is 28.5 Å². The number of carbonyl (C=O) groups is 3. The Balaban J connectivity index is 1.53. The Morgan fingerprint density at radius 2 is 1.43 bits per heavy atom. The highest BCUT2D eigenvalue weighted by Crippen LogP contribution is 2.58. The van der Waals surface area contributed by atoms with Crippen LogP contribution in [0.4, 0.5) is 5.69 Å². The van der Waals surface area contributed by atoms with Crippen molar-refractivity contribution in [2.75, 3.05) is 4.90 Å². The summed E-state index contributed by atoms with van der Waals surface area (Å²) >= 11 is 0. The van der Waals surface area contributed by atoms with Gasteiger partial charge in [0, 0.05) is 18.4 Å². The second-order valence-electron chi connectivity index (χ2n) is 11.8. The normalized spacial score (nSPS) is 27.8. The number of aryl methyl sites for hydroxylation is 1. The second kappa shape index (κ2) is 11.2. The number of Topliss-reactive ketones (excluding diaryl/α,β-unsaturated/α-hetero) is 1. The largest absolute Gasteiger partial charge is 0.299 e. The van der Waals surface area contributed by atoms with Crippen LogP contribution in [0.2, 0.25) is 0 Å². The smallest absolute Gasteiger partial charge is 0.243 e. The van der Waals surface area contributed by atoms with Gasteiger partial charge in [-0.1, -0.05) is 92.4 Å². The number of unbranched alkanes of at least 4 members (excludes halogenated alkanes) is 2. The van der Waals surface area contributed by atoms with E-state index in [1.165, 1.54) is 4.90 Å². The molecule has 0 unspecified atom stereocenters. The van der Waals surface area contributed by atoms with Crippen LogP contribution in [-0.4, -0.2) is 36.4 Å². The number of amides is 2. The number of nitrogens with zero attached hydrogens (tertiary/aromatic N) is 2. The SMILES string of the molecule is CCCCC[C@@H]1[C@H]2[C@H]3C(=O)N(c4ccccc4)C(=O)[C@H]3CC(=O)[C@H]2[C@H](c2ccccc2)N1S(=O)(=O)c1ccc(C)cc1. The molecule has 0 N–H and O–H groups in total. The van der Waals surface area contributed by atoms with Gasteiger partial charge in [0.15, 0.2) is 0 Å². The molecule has 6 atom stereocenters. The maximum atomic E-state index is 14.6. The van der Waals surface area contributed by atoms with Crippen LogP contribution in [0, 0.1) is 30.6 Å². The fourth-order valence-corrected chi connectivity index (χ4v) is 9.38. The van der Waals surface area contributed by atoms with E-state index in [2.05, 4.69) is 6.92 Å². The molecular formula is C34H36N2O5S. The highest BCUT2D eigenvalue weighted by atomic mass is 32.2. The fraction of sp³-hybridized carbons (Fsp3) is 0.382. The molecule has 0 radical (unpaired) electrons. The minimum Gasteiger partial charge on any atom is -0.299 e. The monoisotopic (exact) mass is 584 g/mol. The standard InChI is InChI=1S/C34H36N2O5S/c1-3-4-7-16-27-30-29-26(33(38)35(34(29)39)24-14-10-6-11-15-24)21-28(37)31(30)32(23-12-8-5-9-13-23)36(27)42(40,41)25-19-17-22(2)18-20-25/h5-6,8-15,17-20,26-27,29-32H,3-4,7,16,21H2,1-2H3/t26-,27+,29-,30-,31+,32-/m0/s1. The van der Waals surface area contributed by atoms with Gasteiger partial charge in [-0.2, -0.15) is 4.31 Å². The third-order valence-corrected chi connectivity index (χ3v) is 11.3. The van der Waals surface area contributed by atoms with Crippen molar-refractivity contribution in [3.63, 3.8) is 0 Å². The minimum absolute atomic E-state index is 0.0663. The van der Waals surface area contributed by atoms with Crippen molar-refractivity contribution in [3.8, 4) is 0 Å². The third kappa shape index (κ3) is 4.61. The zero-order chi connectivity index (χ0) is 29.6. The van der Waals surface area contributed by atoms with Crippen LogP contribution < -0.4 is 4.90 Å². The molecule has 2 aliphatic heterocycles. The summed E-state index contributed by atoms with van der Waals surface area (Å²) in [6.45, 7) is 3.99. The lowest BCUT2D eigenvalue weighted by Gasteiger charge is -2.35. The Labute approximate surface area is 247 Å². The van der Waals surface area contributed by atoms with E-state index in [0.717, 1.165) is 30.4 Å². The van der Waals surface area contributed by atoms with Gasteiger partial charge in [-0.05, 0) is 49.1 Å². The molecule has 0 aromatic heterocycles. The van der Waals surface area contributed by atoms with Gasteiger partial charge in [-0.3, -0.25) is 19.3 Å². The van der Waals surface area contributed by atoms with Crippen LogP contribution in [0.5, 0.6) is 0 Å². The number of anilines is 1. The summed E-state index contributed by atoms with van der Waals surface area (Å²) in [6, 6.07) is 23.5. The van der Waals surface area contributed by atoms with Crippen LogP contribution in [0.15, 0.2) is 89.8 Å². The molecule has 7 nitrogen and oxygen atoms in total. The summed E-state index contributed by atoms with van der Waals surface area (Å²) in [5.74, 6) is -3.74. The number of rotatable bonds is 8. The van der Waals surface area contributed by atoms with Crippen molar-refractivity contribution in [3.05, 3.63) is 96.1 Å². The van der Waals surface area contributed by atoms with Crippen LogP contribution in [0.25, 0.3) is 0 Å². The van der Waals surface area contributed by atoms with E-state index < -0.39 is 45.8 Å². The average Bonchev–Trinajstić information content (AvgIpc) is 3.46. The van der Waals surface area contributed by atoms with Gasteiger partial charge in [-0.15, -0.1) is 0 Å². The van der Waals surface area contributed by atoms with E-state index in [4.69, 9.17) is 0 Å². The molecule has 2 saturated heterocycles. The van der Waals surface area contributed by atoms with Gasteiger partial charge >= 0.3 is 0 Å². The molecule has 3 aromatic carbocycles. The fourth-order valence-electron chi connectivity index (χ4n) is 7.51. The zero-order valence-corrected chi connectivity index (χ0v) is 24.7. The molecule has 3 aromatic rings. The number of ketones is 1. The molecule has 3 aliphatic rings. The molecule has 3 fully saturated rings. The topological polar surface area (TPSA) is 91.8 Å². The molecule has 218 valence electrons. The van der Waals surface area contributed by atoms with Crippen molar-refractivity contribution in [1.82, 2.24) is 4.31 Å². The second-order valence-corrected chi connectivity index (χ2v) is 13.7. The first kappa shape index (κ1) is 28.5. The van der Waals surface area contributed by atoms with E-state index >= 15 is 0 Å². The number of benzene rings is 3. The number of hydrogen-bond acceptors (Lipinski definition) is 5. The number of carbonyl (C=O) groups excluding carboxylic acids is 3. The number of imide groups is 1. The van der Waals surface area contributed by atoms with Crippen LogP contribution in [0.1, 0.15) is 56.2 Å². The Bertz CT molecular complexity index is 1590. The summed E-state index contributed by atoms with van der Waals surface area (Å²) in [4.78, 5) is 43.5. The molecule has 2 heterocycles. The van der Waals surface area contributed by atoms with Gasteiger partial charge in [-0.25, -0.2) is 8.42 Å². The maximum absolute atomic E-state index is 14.6. The number of sulfonamides is 1. The van der Waals surface area contributed by atoms with Gasteiger partial charge in [0.25, 0.3) is 0 Å². The van der Waals surface area contributed by atoms with E-state index in [1.807, 2.05) is 43.3 Å². The predicted octanol–water partition coefficient (Wildman–Crippen LogP) is 5.70. The minimum atomic E-state index is -4.07. The van der Waals surface area contributed by atoms with Crippen molar-refractivity contribution in [2.45, 2.75) is 62.9 Å². The number of para-hydroxylation sites is 1. The third-order valence-electron chi connectivity index (χ3n) is 9.34. The van der Waals surface area contributed by atoms with E-state index in [0.29, 0.717) is 12.1 Å². The molecule has 1 aliphatic carbocycles. The van der Waals surface area contributed by atoms with Crippen molar-refractivity contribution >= 4 is 33.3 Å². The van der Waals surface area contributed by atoms with E-state index in [-0.39, 0.29) is 28.9 Å². The highest BCUT2D eigenvalue weighted by molar-refractivity contribution is 7.89. The quantitative estimate of drug-likeness (QED) is 0.250. The maximum Gasteiger partial charge on any atom is 0.243 e. The van der Waals surface area contributed by atoms with Crippen molar-refractivity contribution in [1.29, 1.82) is 0 Å². The Morgan fingerprint density at radius 3 is 2.07 bits per heavy atom. The Kier molecular flexibility index (Phi) is 7.62. The summed E-state index contributed by atoms with van der Waals surface area (Å²) in [5.41, 5.74) is 2.15. The zero-order valence-electron chi connectivity index (χ0n) is 23.9. The first-order chi connectivity index (χ1) is 20.3. The van der Waals surface area contributed by atoms with Gasteiger partial charge in [0.2, 0.25) is 21.8 Å². The predicted molar refractivity (Wildman–Crippen MR) is 160 cm³/mol.